The molecule has 19 heavy (non-hydrogen) atoms. The number of nitrogens with one attached hydrogen (secondary N) is 1. The summed E-state index contributed by atoms with van der Waals surface area (Å²) in [7, 11) is 0. The van der Waals surface area contributed by atoms with Crippen molar-refractivity contribution in [2.75, 3.05) is 19.7 Å². The summed E-state index contributed by atoms with van der Waals surface area (Å²) < 4.78 is 5.80. The Morgan fingerprint density at radius 2 is 2.00 bits per heavy atom. The fourth-order valence-corrected chi connectivity index (χ4v) is 4.00. The van der Waals surface area contributed by atoms with Crippen LogP contribution in [0.25, 0.3) is 0 Å². The van der Waals surface area contributed by atoms with E-state index in [1.807, 2.05) is 0 Å². The molecule has 3 unspecified atom stereocenters. The van der Waals surface area contributed by atoms with Crippen LogP contribution in [0.2, 0.25) is 0 Å². The Morgan fingerprint density at radius 3 is 2.68 bits per heavy atom. The molecule has 1 saturated carbocycles. The van der Waals surface area contributed by atoms with Gasteiger partial charge in [-0.05, 0) is 75.3 Å². The minimum atomic E-state index is 0.559. The van der Waals surface area contributed by atoms with Crippen LogP contribution in [0.5, 0.6) is 0 Å². The first-order valence-corrected chi connectivity index (χ1v) is 8.43. The van der Waals surface area contributed by atoms with Crippen molar-refractivity contribution >= 4 is 0 Å². The van der Waals surface area contributed by atoms with Crippen LogP contribution in [0.15, 0.2) is 0 Å². The monoisotopic (exact) mass is 267 g/mol. The molecule has 0 spiro atoms. The summed E-state index contributed by atoms with van der Waals surface area (Å²) in [5.74, 6) is 1.81. The Bertz CT molecular complexity index is 258. The first kappa shape index (κ1) is 15.3. The molecular formula is C17H33NO. The lowest BCUT2D eigenvalue weighted by Crippen LogP contribution is -2.36. The smallest absolute Gasteiger partial charge is 0.0576 e. The predicted molar refractivity (Wildman–Crippen MR) is 81.4 cm³/mol. The minimum absolute atomic E-state index is 0.559. The van der Waals surface area contributed by atoms with Gasteiger partial charge < -0.3 is 10.1 Å². The van der Waals surface area contributed by atoms with Gasteiger partial charge >= 0.3 is 0 Å². The molecule has 1 aliphatic heterocycles. The minimum Gasteiger partial charge on any atom is -0.378 e. The number of hydrogen-bond acceptors (Lipinski definition) is 2. The largest absolute Gasteiger partial charge is 0.378 e. The molecule has 2 fully saturated rings. The van der Waals surface area contributed by atoms with Gasteiger partial charge in [0, 0.05) is 6.61 Å². The third-order valence-electron chi connectivity index (χ3n) is 5.21. The van der Waals surface area contributed by atoms with Gasteiger partial charge in [-0.15, -0.1) is 0 Å². The van der Waals surface area contributed by atoms with E-state index >= 15 is 0 Å². The molecule has 1 N–H and O–H groups in total. The van der Waals surface area contributed by atoms with Gasteiger partial charge in [-0.2, -0.15) is 0 Å². The zero-order valence-corrected chi connectivity index (χ0v) is 13.2. The molecule has 2 nitrogen and oxygen atoms in total. The second kappa shape index (κ2) is 7.08. The second-order valence-corrected chi connectivity index (χ2v) is 7.45. The van der Waals surface area contributed by atoms with Crippen LogP contribution >= 0.6 is 0 Å². The van der Waals surface area contributed by atoms with Crippen molar-refractivity contribution in [3.05, 3.63) is 0 Å². The van der Waals surface area contributed by atoms with E-state index in [4.69, 9.17) is 4.74 Å². The van der Waals surface area contributed by atoms with Gasteiger partial charge in [-0.1, -0.05) is 20.8 Å². The molecule has 1 heterocycles. The highest BCUT2D eigenvalue weighted by atomic mass is 16.5. The predicted octanol–water partition coefficient (Wildman–Crippen LogP) is 4.00. The Labute approximate surface area is 119 Å². The van der Waals surface area contributed by atoms with Gasteiger partial charge in [0.15, 0.2) is 0 Å². The molecule has 0 amide bonds. The zero-order valence-electron chi connectivity index (χ0n) is 13.2. The number of ether oxygens (including phenoxy) is 1. The first-order chi connectivity index (χ1) is 9.11. The van der Waals surface area contributed by atoms with Crippen molar-refractivity contribution in [2.45, 2.75) is 71.8 Å². The SMILES string of the molecule is CCNCC1CCC(C)(C)CC1CCC1CCCO1. The highest BCUT2D eigenvalue weighted by Gasteiger charge is 2.34. The van der Waals surface area contributed by atoms with Crippen LogP contribution in [-0.2, 0) is 4.74 Å². The van der Waals surface area contributed by atoms with Crippen molar-refractivity contribution in [2.24, 2.45) is 17.3 Å². The molecule has 0 radical (unpaired) electrons. The van der Waals surface area contributed by atoms with E-state index in [2.05, 4.69) is 26.1 Å². The molecule has 2 heteroatoms. The molecule has 0 aromatic heterocycles. The van der Waals surface area contributed by atoms with Gasteiger partial charge in [0.1, 0.15) is 0 Å². The summed E-state index contributed by atoms with van der Waals surface area (Å²) in [5, 5.41) is 3.57. The van der Waals surface area contributed by atoms with Crippen molar-refractivity contribution < 1.29 is 4.74 Å². The summed E-state index contributed by atoms with van der Waals surface area (Å²) in [6, 6.07) is 0. The average Bonchev–Trinajstić information content (AvgIpc) is 2.87. The quantitative estimate of drug-likeness (QED) is 0.785. The van der Waals surface area contributed by atoms with E-state index in [0.29, 0.717) is 11.5 Å². The molecular weight excluding hydrogens is 234 g/mol. The molecule has 1 aliphatic carbocycles. The Morgan fingerprint density at radius 1 is 1.16 bits per heavy atom. The maximum Gasteiger partial charge on any atom is 0.0576 e. The van der Waals surface area contributed by atoms with E-state index < -0.39 is 0 Å². The van der Waals surface area contributed by atoms with E-state index in [1.165, 1.54) is 51.5 Å². The normalized spacial score (nSPS) is 34.6. The van der Waals surface area contributed by atoms with Crippen LogP contribution < -0.4 is 5.32 Å². The van der Waals surface area contributed by atoms with Gasteiger partial charge in [-0.3, -0.25) is 0 Å². The Kier molecular flexibility index (Phi) is 5.70. The topological polar surface area (TPSA) is 21.3 Å². The first-order valence-electron chi connectivity index (χ1n) is 8.43. The summed E-state index contributed by atoms with van der Waals surface area (Å²) in [6.07, 6.45) is 10.1. The molecule has 0 bridgehead atoms. The van der Waals surface area contributed by atoms with Crippen LogP contribution in [0, 0.1) is 17.3 Å². The van der Waals surface area contributed by atoms with Gasteiger partial charge in [0.25, 0.3) is 0 Å². The fraction of sp³-hybridized carbons (Fsp3) is 1.00. The van der Waals surface area contributed by atoms with Crippen LogP contribution in [0.4, 0.5) is 0 Å². The fourth-order valence-electron chi connectivity index (χ4n) is 4.00. The lowest BCUT2D eigenvalue weighted by atomic mass is 9.65. The Hall–Kier alpha value is -0.0800. The van der Waals surface area contributed by atoms with Gasteiger partial charge in [0.05, 0.1) is 6.10 Å². The maximum atomic E-state index is 5.80. The standard InChI is InChI=1S/C17H33NO/c1-4-18-13-15-9-10-17(2,3)12-14(15)7-8-16-6-5-11-19-16/h14-16,18H,4-13H2,1-3H3. The maximum absolute atomic E-state index is 5.80. The van der Waals surface area contributed by atoms with Gasteiger partial charge in [-0.25, -0.2) is 0 Å². The lowest BCUT2D eigenvalue weighted by Gasteiger charge is -2.41. The van der Waals surface area contributed by atoms with E-state index in [9.17, 15) is 0 Å². The van der Waals surface area contributed by atoms with E-state index in [0.717, 1.165) is 25.0 Å². The molecule has 2 rings (SSSR count). The van der Waals surface area contributed by atoms with Crippen molar-refractivity contribution in [3.63, 3.8) is 0 Å². The summed E-state index contributed by atoms with van der Waals surface area (Å²) in [5.41, 5.74) is 0.559. The van der Waals surface area contributed by atoms with Crippen molar-refractivity contribution in [3.8, 4) is 0 Å². The highest BCUT2D eigenvalue weighted by molar-refractivity contribution is 4.86. The third kappa shape index (κ3) is 4.75. The van der Waals surface area contributed by atoms with Crippen molar-refractivity contribution in [1.29, 1.82) is 0 Å². The van der Waals surface area contributed by atoms with Crippen LogP contribution in [-0.4, -0.2) is 25.8 Å². The lowest BCUT2D eigenvalue weighted by molar-refractivity contribution is 0.0703. The summed E-state index contributed by atoms with van der Waals surface area (Å²) in [4.78, 5) is 0. The van der Waals surface area contributed by atoms with Crippen molar-refractivity contribution in [1.82, 2.24) is 5.32 Å². The van der Waals surface area contributed by atoms with Crippen LogP contribution in [0.1, 0.15) is 65.7 Å². The molecule has 112 valence electrons. The molecule has 1 saturated heterocycles. The molecule has 0 aromatic rings. The second-order valence-electron chi connectivity index (χ2n) is 7.45. The number of hydrogen-bond donors (Lipinski definition) is 1. The van der Waals surface area contributed by atoms with E-state index in [1.54, 1.807) is 0 Å². The number of rotatable bonds is 6. The summed E-state index contributed by atoms with van der Waals surface area (Å²) >= 11 is 0. The zero-order chi connectivity index (χ0) is 13.7. The summed E-state index contributed by atoms with van der Waals surface area (Å²) in [6.45, 7) is 10.5. The van der Waals surface area contributed by atoms with E-state index in [-0.39, 0.29) is 0 Å². The third-order valence-corrected chi connectivity index (χ3v) is 5.21. The molecule has 2 aliphatic rings. The molecule has 0 aromatic carbocycles. The van der Waals surface area contributed by atoms with Crippen LogP contribution in [0.3, 0.4) is 0 Å². The van der Waals surface area contributed by atoms with Gasteiger partial charge in [0.2, 0.25) is 0 Å². The Balaban J connectivity index is 1.83. The average molecular weight is 267 g/mol. The highest BCUT2D eigenvalue weighted by Crippen LogP contribution is 2.43. The molecule has 3 atom stereocenters.